The van der Waals surface area contributed by atoms with E-state index >= 15 is 0 Å². The molecule has 2 aromatic carbocycles. The second-order valence-electron chi connectivity index (χ2n) is 9.10. The molecule has 3 heterocycles. The van der Waals surface area contributed by atoms with Crippen molar-refractivity contribution in [1.82, 2.24) is 34.9 Å². The number of nitrogens with one attached hydrogen (secondary N) is 2. The molecule has 1 fully saturated rings. The van der Waals surface area contributed by atoms with Crippen LogP contribution in [0.4, 0.5) is 5.82 Å². The minimum absolute atomic E-state index is 0.0567. The minimum Gasteiger partial charge on any atom is -0.352 e. The lowest BCUT2D eigenvalue weighted by molar-refractivity contribution is 0.0949. The van der Waals surface area contributed by atoms with Crippen molar-refractivity contribution in [2.24, 2.45) is 5.10 Å². The van der Waals surface area contributed by atoms with E-state index in [2.05, 4.69) is 47.8 Å². The van der Waals surface area contributed by atoms with Crippen molar-refractivity contribution < 1.29 is 4.79 Å². The Bertz CT molecular complexity index is 1340. The number of benzene rings is 2. The quantitative estimate of drug-likeness (QED) is 0.208. The fourth-order valence-electron chi connectivity index (χ4n) is 4.26. The smallest absolute Gasteiger partial charge is 0.251 e. The van der Waals surface area contributed by atoms with Gasteiger partial charge in [0.2, 0.25) is 0 Å². The first-order valence-corrected chi connectivity index (χ1v) is 12.5. The summed E-state index contributed by atoms with van der Waals surface area (Å²) >= 11 is 0. The Morgan fingerprint density at radius 1 is 1.03 bits per heavy atom. The molecule has 0 saturated carbocycles. The number of hydrogen-bond acceptors (Lipinski definition) is 8. The van der Waals surface area contributed by atoms with Gasteiger partial charge in [-0.3, -0.25) is 10.2 Å². The standard InChI is InChI=1S/C27H31N9O/c1-34-14-16-35(17-15-34)13-5-12-28-27(37)22-10-8-21(9-11-22)18-31-33-25-24-19-32-36(26(24)30-20-29-25)23-6-3-2-4-7-23/h2-4,6-11,18-20H,5,12-17H2,1H3,(H,28,37)(H,29,30,33)/b31-18-. The fraction of sp³-hybridized carbons (Fsp3) is 0.296. The van der Waals surface area contributed by atoms with Gasteiger partial charge in [0.1, 0.15) is 6.33 Å². The van der Waals surface area contributed by atoms with Crippen LogP contribution in [0.5, 0.6) is 0 Å². The van der Waals surface area contributed by atoms with Crippen molar-refractivity contribution in [1.29, 1.82) is 0 Å². The molecule has 5 rings (SSSR count). The number of rotatable bonds is 9. The van der Waals surface area contributed by atoms with Gasteiger partial charge in [-0.2, -0.15) is 10.2 Å². The summed E-state index contributed by atoms with van der Waals surface area (Å²) in [6.07, 6.45) is 5.85. The first-order chi connectivity index (χ1) is 18.2. The third-order valence-corrected chi connectivity index (χ3v) is 6.46. The number of carbonyl (C=O) groups excluding carboxylic acids is 1. The Balaban J connectivity index is 1.12. The van der Waals surface area contributed by atoms with E-state index < -0.39 is 0 Å². The number of hydrogen-bond donors (Lipinski definition) is 2. The van der Waals surface area contributed by atoms with Crippen LogP contribution in [-0.2, 0) is 0 Å². The minimum atomic E-state index is -0.0567. The Morgan fingerprint density at radius 3 is 2.59 bits per heavy atom. The summed E-state index contributed by atoms with van der Waals surface area (Å²) in [5.74, 6) is 0.509. The number of para-hydroxylation sites is 1. The van der Waals surface area contributed by atoms with Gasteiger partial charge in [-0.1, -0.05) is 30.3 Å². The van der Waals surface area contributed by atoms with Crippen molar-refractivity contribution in [3.8, 4) is 5.69 Å². The van der Waals surface area contributed by atoms with Crippen LogP contribution in [0.15, 0.2) is 72.2 Å². The highest BCUT2D eigenvalue weighted by Crippen LogP contribution is 2.21. The van der Waals surface area contributed by atoms with Crippen molar-refractivity contribution in [3.05, 3.63) is 78.2 Å². The normalized spacial score (nSPS) is 14.8. The molecule has 4 aromatic rings. The van der Waals surface area contributed by atoms with Gasteiger partial charge in [0.25, 0.3) is 5.91 Å². The predicted octanol–water partition coefficient (Wildman–Crippen LogP) is 2.63. The largest absolute Gasteiger partial charge is 0.352 e. The number of anilines is 1. The van der Waals surface area contributed by atoms with Crippen LogP contribution < -0.4 is 10.7 Å². The number of nitrogens with zero attached hydrogens (tertiary/aromatic N) is 7. The zero-order valence-corrected chi connectivity index (χ0v) is 20.9. The van der Waals surface area contributed by atoms with Crippen molar-refractivity contribution in [2.45, 2.75) is 6.42 Å². The third-order valence-electron chi connectivity index (χ3n) is 6.46. The molecule has 1 amide bonds. The second kappa shape index (κ2) is 11.7. The molecule has 190 valence electrons. The molecule has 0 atom stereocenters. The van der Waals surface area contributed by atoms with E-state index in [-0.39, 0.29) is 5.91 Å². The lowest BCUT2D eigenvalue weighted by Gasteiger charge is -2.32. The summed E-state index contributed by atoms with van der Waals surface area (Å²) in [5.41, 5.74) is 6.09. The van der Waals surface area contributed by atoms with Crippen LogP contribution >= 0.6 is 0 Å². The van der Waals surface area contributed by atoms with Gasteiger partial charge < -0.3 is 15.1 Å². The van der Waals surface area contributed by atoms with Gasteiger partial charge in [-0.05, 0) is 49.8 Å². The molecule has 10 heteroatoms. The first kappa shape index (κ1) is 24.5. The Hall–Kier alpha value is -4.15. The first-order valence-electron chi connectivity index (χ1n) is 12.5. The monoisotopic (exact) mass is 497 g/mol. The molecule has 0 radical (unpaired) electrons. The Morgan fingerprint density at radius 2 is 1.81 bits per heavy atom. The molecule has 37 heavy (non-hydrogen) atoms. The molecule has 1 saturated heterocycles. The number of carbonyl (C=O) groups is 1. The Kier molecular flexibility index (Phi) is 7.78. The van der Waals surface area contributed by atoms with Gasteiger partial charge in [-0.25, -0.2) is 14.6 Å². The predicted molar refractivity (Wildman–Crippen MR) is 145 cm³/mol. The van der Waals surface area contributed by atoms with E-state index in [1.807, 2.05) is 54.6 Å². The van der Waals surface area contributed by atoms with Crippen LogP contribution in [-0.4, -0.2) is 88.0 Å². The molecule has 0 aliphatic carbocycles. The van der Waals surface area contributed by atoms with Crippen LogP contribution in [0, 0.1) is 0 Å². The van der Waals surface area contributed by atoms with Gasteiger partial charge in [0, 0.05) is 38.3 Å². The zero-order chi connectivity index (χ0) is 25.5. The summed E-state index contributed by atoms with van der Waals surface area (Å²) in [4.78, 5) is 26.0. The van der Waals surface area contributed by atoms with Crippen molar-refractivity contribution in [2.75, 3.05) is 51.7 Å². The molecule has 2 aromatic heterocycles. The molecule has 2 N–H and O–H groups in total. The van der Waals surface area contributed by atoms with E-state index in [9.17, 15) is 4.79 Å². The highest BCUT2D eigenvalue weighted by Gasteiger charge is 2.13. The summed E-state index contributed by atoms with van der Waals surface area (Å²) in [5, 5.41) is 12.6. The van der Waals surface area contributed by atoms with Gasteiger partial charge in [-0.15, -0.1) is 0 Å². The second-order valence-corrected chi connectivity index (χ2v) is 9.10. The molecule has 0 bridgehead atoms. The maximum absolute atomic E-state index is 12.5. The molecular weight excluding hydrogens is 466 g/mol. The molecule has 1 aliphatic heterocycles. The van der Waals surface area contributed by atoms with Crippen LogP contribution in [0.1, 0.15) is 22.3 Å². The highest BCUT2D eigenvalue weighted by molar-refractivity contribution is 5.95. The number of likely N-dealkylation sites (N-methyl/N-ethyl adjacent to an activating group) is 1. The molecule has 0 spiro atoms. The maximum Gasteiger partial charge on any atom is 0.251 e. The SMILES string of the molecule is CN1CCN(CCCNC(=O)c2ccc(/C=N\Nc3ncnc4c3cnn4-c3ccccc3)cc2)CC1. The number of amides is 1. The van der Waals surface area contributed by atoms with E-state index in [1.54, 1.807) is 17.1 Å². The summed E-state index contributed by atoms with van der Waals surface area (Å²) in [6, 6.07) is 17.2. The summed E-state index contributed by atoms with van der Waals surface area (Å²) < 4.78 is 1.77. The fourth-order valence-corrected chi connectivity index (χ4v) is 4.26. The average Bonchev–Trinajstić information content (AvgIpc) is 3.38. The van der Waals surface area contributed by atoms with Gasteiger partial charge in [0.05, 0.1) is 23.5 Å². The number of aromatic nitrogens is 4. The van der Waals surface area contributed by atoms with E-state index in [4.69, 9.17) is 0 Å². The van der Waals surface area contributed by atoms with Gasteiger partial charge in [0.15, 0.2) is 11.5 Å². The maximum atomic E-state index is 12.5. The number of piperazine rings is 1. The lowest BCUT2D eigenvalue weighted by atomic mass is 10.1. The molecule has 1 aliphatic rings. The van der Waals surface area contributed by atoms with Crippen LogP contribution in [0.2, 0.25) is 0 Å². The lowest BCUT2D eigenvalue weighted by Crippen LogP contribution is -2.45. The third kappa shape index (κ3) is 6.16. The summed E-state index contributed by atoms with van der Waals surface area (Å²) in [7, 11) is 2.16. The van der Waals surface area contributed by atoms with Crippen LogP contribution in [0.25, 0.3) is 16.7 Å². The van der Waals surface area contributed by atoms with Crippen LogP contribution in [0.3, 0.4) is 0 Å². The van der Waals surface area contributed by atoms with Crippen molar-refractivity contribution in [3.63, 3.8) is 0 Å². The summed E-state index contributed by atoms with van der Waals surface area (Å²) in [6.45, 7) is 6.11. The zero-order valence-electron chi connectivity index (χ0n) is 20.9. The molecule has 10 nitrogen and oxygen atoms in total. The van der Waals surface area contributed by atoms with E-state index in [1.165, 1.54) is 6.33 Å². The van der Waals surface area contributed by atoms with E-state index in [0.717, 1.165) is 55.8 Å². The molecule has 0 unspecified atom stereocenters. The topological polar surface area (TPSA) is 104 Å². The van der Waals surface area contributed by atoms with E-state index in [0.29, 0.717) is 23.6 Å². The number of fused-ring (bicyclic) bond motifs is 1. The van der Waals surface area contributed by atoms with Crippen molar-refractivity contribution >= 4 is 29.0 Å². The van der Waals surface area contributed by atoms with Gasteiger partial charge >= 0.3 is 0 Å². The Labute approximate surface area is 216 Å². The highest BCUT2D eigenvalue weighted by atomic mass is 16.1. The average molecular weight is 498 g/mol. The molecular formula is C27H31N9O. The number of hydrazone groups is 1.